The Balaban J connectivity index is 1.36. The zero-order valence-electron chi connectivity index (χ0n) is 15.5. The molecule has 0 spiro atoms. The summed E-state index contributed by atoms with van der Waals surface area (Å²) < 4.78 is 40.7. The van der Waals surface area contributed by atoms with Crippen LogP contribution in [0.3, 0.4) is 0 Å². The van der Waals surface area contributed by atoms with Gasteiger partial charge in [-0.3, -0.25) is 9.69 Å². The molecule has 4 rings (SSSR count). The van der Waals surface area contributed by atoms with E-state index < -0.39 is 6.36 Å². The quantitative estimate of drug-likeness (QED) is 0.781. The molecule has 2 unspecified atom stereocenters. The number of urea groups is 1. The Hall–Kier alpha value is -2.94. The number of alkyl halides is 3. The molecule has 30 heavy (non-hydrogen) atoms. The Morgan fingerprint density at radius 2 is 1.73 bits per heavy atom. The Morgan fingerprint density at radius 1 is 1.07 bits per heavy atom. The minimum Gasteiger partial charge on any atom is -0.406 e. The molecule has 2 aromatic rings. The molecule has 2 saturated heterocycles. The maximum absolute atomic E-state index is 12.8. The number of amides is 3. The second-order valence-electron chi connectivity index (χ2n) is 7.15. The first-order chi connectivity index (χ1) is 14.2. The topological polar surface area (TPSA) is 61.9 Å². The second-order valence-corrected chi connectivity index (χ2v) is 7.59. The number of anilines is 1. The van der Waals surface area contributed by atoms with Crippen LogP contribution in [-0.2, 0) is 0 Å². The lowest BCUT2D eigenvalue weighted by Crippen LogP contribution is -2.40. The van der Waals surface area contributed by atoms with Crippen LogP contribution in [-0.4, -0.2) is 48.4 Å². The maximum atomic E-state index is 12.8. The minimum absolute atomic E-state index is 0.0841. The van der Waals surface area contributed by atoms with Crippen molar-refractivity contribution in [2.24, 2.45) is 0 Å². The fraction of sp³-hybridized carbons (Fsp3) is 0.300. The first-order valence-corrected chi connectivity index (χ1v) is 9.58. The lowest BCUT2D eigenvalue weighted by atomic mass is 10.1. The zero-order chi connectivity index (χ0) is 21.5. The van der Waals surface area contributed by atoms with Crippen LogP contribution in [0.5, 0.6) is 5.75 Å². The molecule has 6 nitrogen and oxygen atoms in total. The molecule has 2 atom stereocenters. The van der Waals surface area contributed by atoms with Gasteiger partial charge in [-0.2, -0.15) is 0 Å². The Labute approximate surface area is 175 Å². The van der Waals surface area contributed by atoms with Crippen molar-refractivity contribution in [1.82, 2.24) is 10.2 Å². The number of benzene rings is 2. The van der Waals surface area contributed by atoms with E-state index in [1.165, 1.54) is 29.2 Å². The van der Waals surface area contributed by atoms with E-state index in [-0.39, 0.29) is 29.8 Å². The Kier molecular flexibility index (Phi) is 5.23. The van der Waals surface area contributed by atoms with Gasteiger partial charge in [0.1, 0.15) is 5.75 Å². The van der Waals surface area contributed by atoms with E-state index in [1.54, 1.807) is 29.2 Å². The molecule has 2 aliphatic heterocycles. The predicted octanol–water partition coefficient (Wildman–Crippen LogP) is 4.05. The molecule has 2 fully saturated rings. The highest BCUT2D eigenvalue weighted by atomic mass is 35.5. The van der Waals surface area contributed by atoms with Gasteiger partial charge in [-0.05, 0) is 55.0 Å². The van der Waals surface area contributed by atoms with Crippen LogP contribution >= 0.6 is 11.6 Å². The van der Waals surface area contributed by atoms with Gasteiger partial charge in [0, 0.05) is 35.4 Å². The molecule has 2 aliphatic rings. The highest BCUT2D eigenvalue weighted by Crippen LogP contribution is 2.32. The third-order valence-corrected chi connectivity index (χ3v) is 5.36. The number of rotatable bonds is 4. The summed E-state index contributed by atoms with van der Waals surface area (Å²) in [5.74, 6) is -0.578. The van der Waals surface area contributed by atoms with Crippen molar-refractivity contribution in [3.63, 3.8) is 0 Å². The van der Waals surface area contributed by atoms with E-state index in [1.807, 2.05) is 0 Å². The molecule has 3 amide bonds. The van der Waals surface area contributed by atoms with E-state index in [2.05, 4.69) is 10.1 Å². The van der Waals surface area contributed by atoms with Crippen molar-refractivity contribution in [1.29, 1.82) is 0 Å². The van der Waals surface area contributed by atoms with Gasteiger partial charge in [0.15, 0.2) is 0 Å². The van der Waals surface area contributed by atoms with Crippen LogP contribution in [0.25, 0.3) is 0 Å². The van der Waals surface area contributed by atoms with Crippen LogP contribution in [0.15, 0.2) is 48.5 Å². The third kappa shape index (κ3) is 4.30. The molecular formula is C20H17ClF3N3O3. The van der Waals surface area contributed by atoms with Gasteiger partial charge in [-0.25, -0.2) is 4.79 Å². The summed E-state index contributed by atoms with van der Waals surface area (Å²) in [4.78, 5) is 28.3. The average molecular weight is 440 g/mol. The van der Waals surface area contributed by atoms with Crippen LogP contribution < -0.4 is 15.0 Å². The monoisotopic (exact) mass is 439 g/mol. The highest BCUT2D eigenvalue weighted by Gasteiger charge is 2.45. The molecule has 0 aromatic heterocycles. The van der Waals surface area contributed by atoms with Crippen LogP contribution in [0.2, 0.25) is 5.02 Å². The van der Waals surface area contributed by atoms with E-state index >= 15 is 0 Å². The fourth-order valence-corrected chi connectivity index (χ4v) is 3.91. The van der Waals surface area contributed by atoms with Crippen molar-refractivity contribution in [3.05, 3.63) is 59.1 Å². The number of halogens is 4. The van der Waals surface area contributed by atoms with Gasteiger partial charge in [0.25, 0.3) is 5.91 Å². The fourth-order valence-electron chi connectivity index (χ4n) is 3.79. The van der Waals surface area contributed by atoms with Gasteiger partial charge in [0.2, 0.25) is 0 Å². The van der Waals surface area contributed by atoms with Crippen LogP contribution in [0.1, 0.15) is 16.8 Å². The van der Waals surface area contributed by atoms with Crippen molar-refractivity contribution in [2.75, 3.05) is 18.0 Å². The molecule has 1 N–H and O–H groups in total. The lowest BCUT2D eigenvalue weighted by molar-refractivity contribution is -0.274. The number of ether oxygens (including phenoxy) is 1. The largest absolute Gasteiger partial charge is 0.573 e. The number of hydrogen-bond donors (Lipinski definition) is 1. The molecule has 0 aliphatic carbocycles. The van der Waals surface area contributed by atoms with Gasteiger partial charge < -0.3 is 15.0 Å². The van der Waals surface area contributed by atoms with Crippen molar-refractivity contribution < 1.29 is 27.5 Å². The maximum Gasteiger partial charge on any atom is 0.573 e. The highest BCUT2D eigenvalue weighted by molar-refractivity contribution is 6.30. The van der Waals surface area contributed by atoms with Gasteiger partial charge in [-0.15, -0.1) is 13.2 Å². The molecule has 2 heterocycles. The van der Waals surface area contributed by atoms with E-state index in [9.17, 15) is 22.8 Å². The number of carbonyl (C=O) groups is 2. The summed E-state index contributed by atoms with van der Waals surface area (Å²) >= 11 is 5.83. The van der Waals surface area contributed by atoms with E-state index in [0.29, 0.717) is 35.8 Å². The van der Waals surface area contributed by atoms with E-state index in [0.717, 1.165) is 0 Å². The van der Waals surface area contributed by atoms with Crippen LogP contribution in [0, 0.1) is 0 Å². The Bertz CT molecular complexity index is 951. The predicted molar refractivity (Wildman–Crippen MR) is 104 cm³/mol. The number of nitrogens with zero attached hydrogens (tertiary/aromatic N) is 2. The molecule has 0 saturated carbocycles. The summed E-state index contributed by atoms with van der Waals surface area (Å²) in [6.07, 6.45) is -4.17. The molecular weight excluding hydrogens is 423 g/mol. The minimum atomic E-state index is -4.76. The molecule has 0 radical (unpaired) electrons. The lowest BCUT2D eigenvalue weighted by Gasteiger charge is -2.20. The first-order valence-electron chi connectivity index (χ1n) is 9.20. The summed E-state index contributed by atoms with van der Waals surface area (Å²) in [6, 6.07) is 11.2. The summed E-state index contributed by atoms with van der Waals surface area (Å²) in [7, 11) is 0. The summed E-state index contributed by atoms with van der Waals surface area (Å²) in [5, 5.41) is 3.47. The molecule has 2 aromatic carbocycles. The van der Waals surface area contributed by atoms with Crippen LogP contribution in [0.4, 0.5) is 23.7 Å². The molecule has 0 bridgehead atoms. The number of nitrogens with one attached hydrogen (secondary N) is 1. The zero-order valence-corrected chi connectivity index (χ0v) is 16.3. The van der Waals surface area contributed by atoms with Gasteiger partial charge in [-0.1, -0.05) is 11.6 Å². The Morgan fingerprint density at radius 3 is 2.33 bits per heavy atom. The number of fused-ring (bicyclic) bond motifs is 1. The first kappa shape index (κ1) is 20.3. The summed E-state index contributed by atoms with van der Waals surface area (Å²) in [5.41, 5.74) is 0.978. The number of hydrogen-bond acceptors (Lipinski definition) is 3. The van der Waals surface area contributed by atoms with Gasteiger partial charge in [0.05, 0.1) is 6.04 Å². The average Bonchev–Trinajstić information content (AvgIpc) is 3.20. The van der Waals surface area contributed by atoms with Crippen molar-refractivity contribution in [2.45, 2.75) is 24.9 Å². The SMILES string of the molecule is O=C(NC1CC2CN(c3ccc(OC(F)(F)F)cc3)C(=O)N2C1)c1ccc(Cl)cc1. The number of carbonyl (C=O) groups excluding carboxylic acids is 2. The van der Waals surface area contributed by atoms with Crippen molar-refractivity contribution >= 4 is 29.2 Å². The smallest absolute Gasteiger partial charge is 0.406 e. The van der Waals surface area contributed by atoms with Crippen molar-refractivity contribution in [3.8, 4) is 5.75 Å². The summed E-state index contributed by atoms with van der Waals surface area (Å²) in [6.45, 7) is 0.764. The molecule has 10 heteroatoms. The third-order valence-electron chi connectivity index (χ3n) is 5.11. The standard InChI is InChI=1S/C20H17ClF3N3O3/c21-13-3-1-12(2-4-13)18(28)25-14-9-16-11-27(19(29)26(16)10-14)15-5-7-17(8-6-15)30-20(22,23)24/h1-8,14,16H,9-11H2,(H,25,28). The van der Waals surface area contributed by atoms with E-state index in [4.69, 9.17) is 11.6 Å². The van der Waals surface area contributed by atoms with Gasteiger partial charge >= 0.3 is 12.4 Å². The normalized spacial score (nSPS) is 21.0. The second kappa shape index (κ2) is 7.71. The molecule has 158 valence electrons.